The van der Waals surface area contributed by atoms with E-state index < -0.39 is 26.6 Å². The average molecular weight is 645 g/mol. The summed E-state index contributed by atoms with van der Waals surface area (Å²) in [6.07, 6.45) is 8.77. The van der Waals surface area contributed by atoms with Gasteiger partial charge >= 0.3 is 0 Å². The normalized spacial score (nSPS) is 24.5. The second-order valence-electron chi connectivity index (χ2n) is 14.6. The number of hydrogen-bond acceptors (Lipinski definition) is 5. The molecule has 9 heteroatoms. The number of carbonyl (C=O) groups excluding carboxylic acids is 2. The number of aromatic nitrogens is 1. The highest BCUT2D eigenvalue weighted by atomic mass is 32.2. The summed E-state index contributed by atoms with van der Waals surface area (Å²) in [6.45, 7) is 8.50. The van der Waals surface area contributed by atoms with E-state index in [1.807, 2.05) is 12.1 Å². The highest BCUT2D eigenvalue weighted by Gasteiger charge is 2.64. The molecule has 2 saturated carbocycles. The number of benzene rings is 2. The predicted molar refractivity (Wildman–Crippen MR) is 182 cm³/mol. The van der Waals surface area contributed by atoms with Crippen LogP contribution in [0.1, 0.15) is 105 Å². The molecule has 3 heterocycles. The fraction of sp³-hybridized carbons (Fsp3) is 0.568. The molecule has 2 aliphatic heterocycles. The fourth-order valence-corrected chi connectivity index (χ4v) is 9.25. The summed E-state index contributed by atoms with van der Waals surface area (Å²) in [5.74, 6) is 0.202. The quantitative estimate of drug-likeness (QED) is 0.313. The van der Waals surface area contributed by atoms with Crippen LogP contribution >= 0.6 is 0 Å². The van der Waals surface area contributed by atoms with Crippen molar-refractivity contribution in [2.45, 2.75) is 102 Å². The van der Waals surface area contributed by atoms with Gasteiger partial charge in [0.2, 0.25) is 15.9 Å². The third-order valence-electron chi connectivity index (χ3n) is 11.5. The molecule has 0 spiro atoms. The molecule has 2 aromatic carbocycles. The van der Waals surface area contributed by atoms with Crippen molar-refractivity contribution in [2.75, 3.05) is 26.7 Å². The van der Waals surface area contributed by atoms with E-state index in [-0.39, 0.29) is 17.9 Å². The van der Waals surface area contributed by atoms with Crippen molar-refractivity contribution in [1.29, 1.82) is 0 Å². The van der Waals surface area contributed by atoms with Crippen molar-refractivity contribution in [2.24, 2.45) is 5.41 Å². The largest absolute Gasteiger partial charge is 0.339 e. The van der Waals surface area contributed by atoms with Crippen molar-refractivity contribution in [1.82, 2.24) is 19.1 Å². The van der Waals surface area contributed by atoms with Crippen LogP contribution in [0.2, 0.25) is 0 Å². The van der Waals surface area contributed by atoms with E-state index in [1.165, 1.54) is 41.6 Å². The zero-order chi connectivity index (χ0) is 32.4. The SMILES string of the molecule is CCN(C)CC1CCCN1C(=O)[C@]12C[C@H]1c1ccccc1-c1c(C3CCCCC3)c3ccc(C(=O)NS(=O)(=O)C(C)C)cc3n1C2. The van der Waals surface area contributed by atoms with Gasteiger partial charge < -0.3 is 14.4 Å². The lowest BCUT2D eigenvalue weighted by Gasteiger charge is -2.32. The summed E-state index contributed by atoms with van der Waals surface area (Å²) in [7, 11) is -1.65. The number of amides is 2. The zero-order valence-electron chi connectivity index (χ0n) is 27.7. The highest BCUT2D eigenvalue weighted by Crippen LogP contribution is 2.66. The topological polar surface area (TPSA) is 91.7 Å². The Hall–Kier alpha value is -3.17. The Labute approximate surface area is 273 Å². The highest BCUT2D eigenvalue weighted by molar-refractivity contribution is 7.90. The first-order valence-electron chi connectivity index (χ1n) is 17.4. The minimum Gasteiger partial charge on any atom is -0.339 e. The van der Waals surface area contributed by atoms with Crippen molar-refractivity contribution in [3.63, 3.8) is 0 Å². The Morgan fingerprint density at radius 3 is 2.54 bits per heavy atom. The van der Waals surface area contributed by atoms with Crippen molar-refractivity contribution in [3.8, 4) is 11.3 Å². The number of sulfonamides is 1. The first-order chi connectivity index (χ1) is 22.1. The van der Waals surface area contributed by atoms with Crippen LogP contribution in [0.5, 0.6) is 0 Å². The fourth-order valence-electron chi connectivity index (χ4n) is 8.64. The molecule has 7 rings (SSSR count). The molecule has 8 nitrogen and oxygen atoms in total. The lowest BCUT2D eigenvalue weighted by Crippen LogP contribution is -2.46. The molecule has 3 aromatic rings. The van der Waals surface area contributed by atoms with Gasteiger partial charge in [-0.15, -0.1) is 0 Å². The molecule has 1 aromatic heterocycles. The lowest BCUT2D eigenvalue weighted by atomic mass is 9.81. The summed E-state index contributed by atoms with van der Waals surface area (Å²) < 4.78 is 29.9. The van der Waals surface area contributed by atoms with Crippen LogP contribution in [0.25, 0.3) is 22.2 Å². The molecule has 1 unspecified atom stereocenters. The molecular formula is C37H48N4O4S. The summed E-state index contributed by atoms with van der Waals surface area (Å²) in [4.78, 5) is 32.7. The number of carbonyl (C=O) groups is 2. The molecule has 46 heavy (non-hydrogen) atoms. The van der Waals surface area contributed by atoms with E-state index in [2.05, 4.69) is 57.3 Å². The van der Waals surface area contributed by atoms with Crippen LogP contribution < -0.4 is 4.72 Å². The molecule has 2 aliphatic carbocycles. The Bertz CT molecular complexity index is 1790. The van der Waals surface area contributed by atoms with Crippen molar-refractivity contribution >= 4 is 32.7 Å². The molecule has 1 N–H and O–H groups in total. The van der Waals surface area contributed by atoms with Crippen LogP contribution in [0, 0.1) is 5.41 Å². The molecule has 4 aliphatic rings. The number of hydrogen-bond donors (Lipinski definition) is 1. The third-order valence-corrected chi connectivity index (χ3v) is 13.2. The smallest absolute Gasteiger partial charge is 0.264 e. The predicted octanol–water partition coefficient (Wildman–Crippen LogP) is 6.25. The maximum absolute atomic E-state index is 14.8. The first-order valence-corrected chi connectivity index (χ1v) is 18.9. The minimum atomic E-state index is -3.78. The van der Waals surface area contributed by atoms with Crippen LogP contribution in [0.3, 0.4) is 0 Å². The van der Waals surface area contributed by atoms with Gasteiger partial charge in [0.15, 0.2) is 0 Å². The molecule has 2 amide bonds. The molecule has 246 valence electrons. The van der Waals surface area contributed by atoms with E-state index in [1.54, 1.807) is 19.9 Å². The number of likely N-dealkylation sites (tertiary alicyclic amines) is 1. The number of nitrogens with zero attached hydrogens (tertiary/aromatic N) is 3. The zero-order valence-corrected chi connectivity index (χ0v) is 28.5. The Morgan fingerprint density at radius 1 is 1.04 bits per heavy atom. The van der Waals surface area contributed by atoms with Crippen molar-refractivity contribution < 1.29 is 18.0 Å². The van der Waals surface area contributed by atoms with Gasteiger partial charge in [-0.05, 0) is 88.7 Å². The number of likely N-dealkylation sites (N-methyl/N-ethyl adjacent to an activating group) is 1. The second-order valence-corrected chi connectivity index (χ2v) is 16.8. The van der Waals surface area contributed by atoms with Gasteiger partial charge in [0.05, 0.1) is 16.4 Å². The van der Waals surface area contributed by atoms with Gasteiger partial charge in [0.25, 0.3) is 5.91 Å². The summed E-state index contributed by atoms with van der Waals surface area (Å²) >= 11 is 0. The second kappa shape index (κ2) is 11.8. The Morgan fingerprint density at radius 2 is 1.80 bits per heavy atom. The molecule has 0 radical (unpaired) electrons. The minimum absolute atomic E-state index is 0.151. The van der Waals surface area contributed by atoms with E-state index in [9.17, 15) is 18.0 Å². The third kappa shape index (κ3) is 5.18. The van der Waals surface area contributed by atoms with Crippen LogP contribution in [-0.4, -0.2) is 72.6 Å². The maximum Gasteiger partial charge on any atom is 0.264 e. The van der Waals surface area contributed by atoms with Gasteiger partial charge in [-0.25, -0.2) is 13.1 Å². The standard InChI is InChI=1S/C37H48N4O4S/c1-5-39(4)22-27-14-11-19-40(27)36(43)37-21-31(37)28-15-9-10-16-29(28)34-33(25-12-7-6-8-13-25)30-18-17-26(20-32(30)41(34)23-37)35(42)38-46(44,45)24(2)3/h9-10,15-18,20,24-25,27,31H,5-8,11-14,19,21-23H2,1-4H3,(H,38,42)/t27?,31-,37-/m0/s1. The van der Waals surface area contributed by atoms with E-state index in [0.29, 0.717) is 18.0 Å². The van der Waals surface area contributed by atoms with E-state index >= 15 is 0 Å². The number of rotatable bonds is 8. The monoisotopic (exact) mass is 644 g/mol. The number of fused-ring (bicyclic) bond motifs is 7. The Kier molecular flexibility index (Phi) is 8.07. The molecular weight excluding hydrogens is 596 g/mol. The van der Waals surface area contributed by atoms with E-state index in [0.717, 1.165) is 62.6 Å². The number of nitrogens with one attached hydrogen (secondary N) is 1. The molecule has 1 saturated heterocycles. The molecule has 3 atom stereocenters. The Balaban J connectivity index is 1.38. The summed E-state index contributed by atoms with van der Waals surface area (Å²) in [6, 6.07) is 14.6. The molecule has 3 fully saturated rings. The summed E-state index contributed by atoms with van der Waals surface area (Å²) in [5.41, 5.74) is 5.68. The van der Waals surface area contributed by atoms with Crippen molar-refractivity contribution in [3.05, 3.63) is 59.2 Å². The van der Waals surface area contributed by atoms with Gasteiger partial charge in [-0.1, -0.05) is 56.5 Å². The van der Waals surface area contributed by atoms with Gasteiger partial charge in [0, 0.05) is 53.6 Å². The average Bonchev–Trinajstić information content (AvgIpc) is 3.49. The lowest BCUT2D eigenvalue weighted by molar-refractivity contribution is -0.138. The van der Waals surface area contributed by atoms with E-state index in [4.69, 9.17) is 0 Å². The van der Waals surface area contributed by atoms with Gasteiger partial charge in [-0.2, -0.15) is 0 Å². The van der Waals surface area contributed by atoms with Gasteiger partial charge in [-0.3, -0.25) is 9.59 Å². The summed E-state index contributed by atoms with van der Waals surface area (Å²) in [5, 5.41) is 0.397. The van der Waals surface area contributed by atoms with Crippen LogP contribution in [-0.2, 0) is 21.4 Å². The van der Waals surface area contributed by atoms with Crippen LogP contribution in [0.4, 0.5) is 0 Å². The van der Waals surface area contributed by atoms with Crippen LogP contribution in [0.15, 0.2) is 42.5 Å². The maximum atomic E-state index is 14.8. The first kappa shape index (κ1) is 31.4. The van der Waals surface area contributed by atoms with Gasteiger partial charge in [0.1, 0.15) is 0 Å². The molecule has 0 bridgehead atoms.